The molecule has 0 aliphatic carbocycles. The number of fused-ring (bicyclic) bond motifs is 1. The Morgan fingerprint density at radius 2 is 2.04 bits per heavy atom. The lowest BCUT2D eigenvalue weighted by molar-refractivity contribution is -0.117. The Labute approximate surface area is 144 Å². The highest BCUT2D eigenvalue weighted by molar-refractivity contribution is 6.00. The van der Waals surface area contributed by atoms with E-state index in [-0.39, 0.29) is 17.9 Å². The molecule has 0 bridgehead atoms. The lowest BCUT2D eigenvalue weighted by atomic mass is 10.1. The van der Waals surface area contributed by atoms with Gasteiger partial charge in [0, 0.05) is 24.2 Å². The van der Waals surface area contributed by atoms with Crippen LogP contribution in [0.25, 0.3) is 11.0 Å². The van der Waals surface area contributed by atoms with Crippen LogP contribution in [-0.2, 0) is 4.79 Å². The van der Waals surface area contributed by atoms with Crippen molar-refractivity contribution in [1.82, 2.24) is 15.3 Å². The quantitative estimate of drug-likeness (QED) is 0.772. The van der Waals surface area contributed by atoms with Crippen LogP contribution >= 0.6 is 0 Å². The second-order valence-electron chi connectivity index (χ2n) is 6.27. The first kappa shape index (κ1) is 15.4. The van der Waals surface area contributed by atoms with Gasteiger partial charge in [0.05, 0.1) is 17.1 Å². The van der Waals surface area contributed by atoms with Gasteiger partial charge in [0.25, 0.3) is 5.91 Å². The predicted molar refractivity (Wildman–Crippen MR) is 95.5 cm³/mol. The first-order chi connectivity index (χ1) is 12.1. The van der Waals surface area contributed by atoms with E-state index in [2.05, 4.69) is 15.3 Å². The number of aryl methyl sites for hydroxylation is 1. The van der Waals surface area contributed by atoms with Crippen molar-refractivity contribution < 1.29 is 9.59 Å². The SMILES string of the molecule is Cc1nc2ccc(C(=O)NC3CC(=O)N(c4ccccc4)C3)cc2[nH]1. The normalized spacial score (nSPS) is 17.2. The van der Waals surface area contributed by atoms with E-state index in [1.165, 1.54) is 0 Å². The molecule has 0 radical (unpaired) electrons. The maximum absolute atomic E-state index is 12.5. The number of amides is 2. The van der Waals surface area contributed by atoms with Crippen LogP contribution < -0.4 is 10.2 Å². The van der Waals surface area contributed by atoms with Crippen LogP contribution in [0.3, 0.4) is 0 Å². The molecule has 25 heavy (non-hydrogen) atoms. The smallest absolute Gasteiger partial charge is 0.251 e. The minimum atomic E-state index is -0.195. The third-order valence-corrected chi connectivity index (χ3v) is 4.39. The summed E-state index contributed by atoms with van der Waals surface area (Å²) in [5.41, 5.74) is 3.08. The summed E-state index contributed by atoms with van der Waals surface area (Å²) in [5.74, 6) is 0.658. The molecule has 0 saturated carbocycles. The molecule has 126 valence electrons. The monoisotopic (exact) mass is 334 g/mol. The highest BCUT2D eigenvalue weighted by Gasteiger charge is 2.31. The number of carbonyl (C=O) groups excluding carboxylic acids is 2. The third kappa shape index (κ3) is 2.98. The van der Waals surface area contributed by atoms with Crippen LogP contribution in [0.2, 0.25) is 0 Å². The molecule has 2 heterocycles. The summed E-state index contributed by atoms with van der Waals surface area (Å²) in [4.78, 5) is 33.9. The number of H-pyrrole nitrogens is 1. The summed E-state index contributed by atoms with van der Waals surface area (Å²) in [6.45, 7) is 2.36. The van der Waals surface area contributed by atoms with Gasteiger partial charge in [-0.1, -0.05) is 18.2 Å². The van der Waals surface area contributed by atoms with Crippen molar-refractivity contribution in [3.63, 3.8) is 0 Å². The van der Waals surface area contributed by atoms with Gasteiger partial charge < -0.3 is 15.2 Å². The van der Waals surface area contributed by atoms with Gasteiger partial charge in [-0.3, -0.25) is 9.59 Å². The number of nitrogens with one attached hydrogen (secondary N) is 2. The number of hydrogen-bond donors (Lipinski definition) is 2. The van der Waals surface area contributed by atoms with E-state index in [9.17, 15) is 9.59 Å². The van der Waals surface area contributed by atoms with Crippen LogP contribution in [0.15, 0.2) is 48.5 Å². The Morgan fingerprint density at radius 3 is 2.84 bits per heavy atom. The van der Waals surface area contributed by atoms with Crippen molar-refractivity contribution >= 4 is 28.5 Å². The second kappa shape index (κ2) is 6.05. The van der Waals surface area contributed by atoms with Crippen molar-refractivity contribution in [2.75, 3.05) is 11.4 Å². The molecule has 1 fully saturated rings. The Morgan fingerprint density at radius 1 is 1.24 bits per heavy atom. The zero-order valence-corrected chi connectivity index (χ0v) is 13.8. The minimum Gasteiger partial charge on any atom is -0.347 e. The Hall–Kier alpha value is -3.15. The van der Waals surface area contributed by atoms with Crippen molar-refractivity contribution in [3.8, 4) is 0 Å². The molecule has 2 aromatic carbocycles. The lowest BCUT2D eigenvalue weighted by Gasteiger charge is -2.17. The van der Waals surface area contributed by atoms with Gasteiger partial charge in [0.15, 0.2) is 0 Å². The number of hydrogen-bond acceptors (Lipinski definition) is 3. The van der Waals surface area contributed by atoms with Gasteiger partial charge in [-0.2, -0.15) is 0 Å². The van der Waals surface area contributed by atoms with Crippen molar-refractivity contribution in [3.05, 3.63) is 59.9 Å². The second-order valence-corrected chi connectivity index (χ2v) is 6.27. The molecule has 6 nitrogen and oxygen atoms in total. The number of carbonyl (C=O) groups is 2. The van der Waals surface area contributed by atoms with E-state index in [1.54, 1.807) is 17.0 Å². The fourth-order valence-electron chi connectivity index (χ4n) is 3.21. The van der Waals surface area contributed by atoms with E-state index in [1.807, 2.05) is 43.3 Å². The van der Waals surface area contributed by atoms with E-state index in [0.29, 0.717) is 18.5 Å². The topological polar surface area (TPSA) is 78.1 Å². The number of benzene rings is 2. The van der Waals surface area contributed by atoms with E-state index >= 15 is 0 Å². The minimum absolute atomic E-state index is 0.0242. The predicted octanol–water partition coefficient (Wildman–Crippen LogP) is 2.41. The molecule has 1 aromatic heterocycles. The number of para-hydroxylation sites is 1. The molecule has 2 amide bonds. The van der Waals surface area contributed by atoms with Crippen molar-refractivity contribution in [2.45, 2.75) is 19.4 Å². The largest absolute Gasteiger partial charge is 0.347 e. The van der Waals surface area contributed by atoms with Crippen LogP contribution in [0.1, 0.15) is 22.6 Å². The van der Waals surface area contributed by atoms with Crippen LogP contribution in [0.5, 0.6) is 0 Å². The number of anilines is 1. The highest BCUT2D eigenvalue weighted by atomic mass is 16.2. The fraction of sp³-hybridized carbons (Fsp3) is 0.211. The summed E-state index contributed by atoms with van der Waals surface area (Å²) in [6.07, 6.45) is 0.312. The molecule has 0 spiro atoms. The van der Waals surface area contributed by atoms with E-state index in [0.717, 1.165) is 22.5 Å². The zero-order chi connectivity index (χ0) is 17.4. The summed E-state index contributed by atoms with van der Waals surface area (Å²) in [5, 5.41) is 2.96. The lowest BCUT2D eigenvalue weighted by Crippen LogP contribution is -2.37. The van der Waals surface area contributed by atoms with Crippen LogP contribution in [0, 0.1) is 6.92 Å². The summed E-state index contributed by atoms with van der Waals surface area (Å²) in [7, 11) is 0. The molecule has 4 rings (SSSR count). The number of aromatic amines is 1. The Kier molecular flexibility index (Phi) is 3.72. The van der Waals surface area contributed by atoms with Gasteiger partial charge in [0.1, 0.15) is 5.82 Å². The van der Waals surface area contributed by atoms with Gasteiger partial charge in [0.2, 0.25) is 5.91 Å². The average Bonchev–Trinajstić information content (AvgIpc) is 3.16. The van der Waals surface area contributed by atoms with Gasteiger partial charge >= 0.3 is 0 Å². The number of aromatic nitrogens is 2. The highest BCUT2D eigenvalue weighted by Crippen LogP contribution is 2.21. The number of nitrogens with zero attached hydrogens (tertiary/aromatic N) is 2. The molecule has 2 N–H and O–H groups in total. The van der Waals surface area contributed by atoms with Crippen molar-refractivity contribution in [1.29, 1.82) is 0 Å². The number of rotatable bonds is 3. The molecule has 1 unspecified atom stereocenters. The number of imidazole rings is 1. The average molecular weight is 334 g/mol. The van der Waals surface area contributed by atoms with E-state index < -0.39 is 0 Å². The standard InChI is InChI=1S/C19H18N4O2/c1-12-20-16-8-7-13(9-17(16)21-12)19(25)22-14-10-18(24)23(11-14)15-5-3-2-4-6-15/h2-9,14H,10-11H2,1H3,(H,20,21)(H,22,25). The third-order valence-electron chi connectivity index (χ3n) is 4.39. The van der Waals surface area contributed by atoms with Gasteiger partial charge in [-0.15, -0.1) is 0 Å². The van der Waals surface area contributed by atoms with Gasteiger partial charge in [-0.25, -0.2) is 4.98 Å². The molecule has 1 aliphatic rings. The first-order valence-electron chi connectivity index (χ1n) is 8.23. The zero-order valence-electron chi connectivity index (χ0n) is 13.8. The van der Waals surface area contributed by atoms with Crippen LogP contribution in [-0.4, -0.2) is 34.4 Å². The molecule has 3 aromatic rings. The molecular formula is C19H18N4O2. The van der Waals surface area contributed by atoms with Gasteiger partial charge in [-0.05, 0) is 37.3 Å². The molecule has 6 heteroatoms. The first-order valence-corrected chi connectivity index (χ1v) is 8.23. The van der Waals surface area contributed by atoms with Crippen molar-refractivity contribution in [2.24, 2.45) is 0 Å². The summed E-state index contributed by atoms with van der Waals surface area (Å²) < 4.78 is 0. The van der Waals surface area contributed by atoms with Crippen LogP contribution in [0.4, 0.5) is 5.69 Å². The molecular weight excluding hydrogens is 316 g/mol. The molecule has 1 atom stereocenters. The Balaban J connectivity index is 1.48. The maximum atomic E-state index is 12.5. The fourth-order valence-corrected chi connectivity index (χ4v) is 3.21. The maximum Gasteiger partial charge on any atom is 0.251 e. The molecule has 1 aliphatic heterocycles. The Bertz CT molecular complexity index is 948. The van der Waals surface area contributed by atoms with E-state index in [4.69, 9.17) is 0 Å². The summed E-state index contributed by atoms with van der Waals surface area (Å²) in [6, 6.07) is 14.7. The summed E-state index contributed by atoms with van der Waals surface area (Å²) >= 11 is 0. The molecule has 1 saturated heterocycles.